The van der Waals surface area contributed by atoms with Gasteiger partial charge in [-0.3, -0.25) is 0 Å². The van der Waals surface area contributed by atoms with Gasteiger partial charge in [0, 0.05) is 24.2 Å². The molecule has 1 heterocycles. The van der Waals surface area contributed by atoms with Gasteiger partial charge >= 0.3 is 0 Å². The van der Waals surface area contributed by atoms with Crippen molar-refractivity contribution in [3.8, 4) is 11.3 Å². The highest BCUT2D eigenvalue weighted by Gasteiger charge is 2.04. The SMILES string of the molecule is CNCCc1nc(C)cc(-c2cccc(C)c2)n1. The second-order valence-corrected chi connectivity index (χ2v) is 4.53. The normalized spacial score (nSPS) is 10.6. The van der Waals surface area contributed by atoms with Crippen LogP contribution in [0.15, 0.2) is 30.3 Å². The molecule has 1 N–H and O–H groups in total. The minimum Gasteiger partial charge on any atom is -0.319 e. The molecule has 1 aromatic heterocycles. The van der Waals surface area contributed by atoms with Crippen molar-refractivity contribution in [2.24, 2.45) is 0 Å². The number of rotatable bonds is 4. The number of benzene rings is 1. The summed E-state index contributed by atoms with van der Waals surface area (Å²) in [7, 11) is 1.94. The van der Waals surface area contributed by atoms with Gasteiger partial charge in [0.05, 0.1) is 5.69 Å². The fraction of sp³-hybridized carbons (Fsp3) is 0.333. The molecule has 2 aromatic rings. The van der Waals surface area contributed by atoms with Crippen LogP contribution in [0.2, 0.25) is 0 Å². The van der Waals surface area contributed by atoms with Crippen LogP contribution >= 0.6 is 0 Å². The fourth-order valence-electron chi connectivity index (χ4n) is 1.93. The van der Waals surface area contributed by atoms with E-state index in [2.05, 4.69) is 46.5 Å². The highest BCUT2D eigenvalue weighted by Crippen LogP contribution is 2.19. The maximum Gasteiger partial charge on any atom is 0.130 e. The first kappa shape index (κ1) is 12.7. The lowest BCUT2D eigenvalue weighted by Crippen LogP contribution is -2.12. The van der Waals surface area contributed by atoms with E-state index in [4.69, 9.17) is 0 Å². The van der Waals surface area contributed by atoms with Crippen LogP contribution < -0.4 is 5.32 Å². The van der Waals surface area contributed by atoms with Gasteiger partial charge in [0.15, 0.2) is 0 Å². The third-order valence-corrected chi connectivity index (χ3v) is 2.81. The number of likely N-dealkylation sites (N-methyl/N-ethyl adjacent to an activating group) is 1. The molecule has 0 bridgehead atoms. The molecule has 0 saturated heterocycles. The van der Waals surface area contributed by atoms with Crippen LogP contribution in [0.4, 0.5) is 0 Å². The van der Waals surface area contributed by atoms with E-state index >= 15 is 0 Å². The molecule has 0 unspecified atom stereocenters. The molecule has 3 nitrogen and oxygen atoms in total. The zero-order valence-electron chi connectivity index (χ0n) is 11.2. The van der Waals surface area contributed by atoms with E-state index in [1.165, 1.54) is 5.56 Å². The quantitative estimate of drug-likeness (QED) is 0.893. The van der Waals surface area contributed by atoms with Gasteiger partial charge in [0.25, 0.3) is 0 Å². The molecular formula is C15H19N3. The number of nitrogens with zero attached hydrogens (tertiary/aromatic N) is 2. The third-order valence-electron chi connectivity index (χ3n) is 2.81. The molecule has 0 aliphatic carbocycles. The minimum absolute atomic E-state index is 0.858. The van der Waals surface area contributed by atoms with Crippen LogP contribution in [0.3, 0.4) is 0 Å². The van der Waals surface area contributed by atoms with E-state index in [1.807, 2.05) is 20.0 Å². The summed E-state index contributed by atoms with van der Waals surface area (Å²) in [6.45, 7) is 5.01. The van der Waals surface area contributed by atoms with Crippen LogP contribution in [0.5, 0.6) is 0 Å². The molecule has 0 saturated carbocycles. The Morgan fingerprint density at radius 1 is 1.11 bits per heavy atom. The predicted molar refractivity (Wildman–Crippen MR) is 74.6 cm³/mol. The van der Waals surface area contributed by atoms with E-state index in [9.17, 15) is 0 Å². The van der Waals surface area contributed by atoms with Gasteiger partial charge < -0.3 is 5.32 Å². The number of aryl methyl sites for hydroxylation is 2. The number of hydrogen-bond donors (Lipinski definition) is 1. The Balaban J connectivity index is 2.35. The van der Waals surface area contributed by atoms with Crippen LogP contribution in [-0.4, -0.2) is 23.6 Å². The van der Waals surface area contributed by atoms with E-state index in [-0.39, 0.29) is 0 Å². The average Bonchev–Trinajstić information content (AvgIpc) is 2.36. The first-order valence-corrected chi connectivity index (χ1v) is 6.25. The summed E-state index contributed by atoms with van der Waals surface area (Å²) >= 11 is 0. The number of hydrogen-bond acceptors (Lipinski definition) is 3. The molecule has 0 aliphatic heterocycles. The number of nitrogens with one attached hydrogen (secondary N) is 1. The van der Waals surface area contributed by atoms with Crippen molar-refractivity contribution in [2.45, 2.75) is 20.3 Å². The Morgan fingerprint density at radius 3 is 2.67 bits per heavy atom. The second kappa shape index (κ2) is 5.74. The summed E-state index contributed by atoms with van der Waals surface area (Å²) in [4.78, 5) is 9.10. The monoisotopic (exact) mass is 241 g/mol. The van der Waals surface area contributed by atoms with Gasteiger partial charge in [-0.25, -0.2) is 9.97 Å². The van der Waals surface area contributed by atoms with E-state index in [1.54, 1.807) is 0 Å². The Kier molecular flexibility index (Phi) is 4.05. The zero-order valence-corrected chi connectivity index (χ0v) is 11.2. The van der Waals surface area contributed by atoms with Crippen LogP contribution in [0, 0.1) is 13.8 Å². The molecular weight excluding hydrogens is 222 g/mol. The Bertz CT molecular complexity index is 535. The molecule has 0 radical (unpaired) electrons. The molecule has 18 heavy (non-hydrogen) atoms. The van der Waals surface area contributed by atoms with Crippen LogP contribution in [0.1, 0.15) is 17.1 Å². The Morgan fingerprint density at radius 2 is 1.94 bits per heavy atom. The van der Waals surface area contributed by atoms with E-state index in [0.29, 0.717) is 0 Å². The summed E-state index contributed by atoms with van der Waals surface area (Å²) in [6, 6.07) is 10.5. The Hall–Kier alpha value is -1.74. The molecule has 2 rings (SSSR count). The summed E-state index contributed by atoms with van der Waals surface area (Å²) in [5, 5.41) is 3.12. The lowest BCUT2D eigenvalue weighted by molar-refractivity contribution is 0.752. The van der Waals surface area contributed by atoms with E-state index in [0.717, 1.165) is 35.7 Å². The largest absolute Gasteiger partial charge is 0.319 e. The summed E-state index contributed by atoms with van der Waals surface area (Å²) < 4.78 is 0. The molecule has 0 aliphatic rings. The van der Waals surface area contributed by atoms with Crippen molar-refractivity contribution in [3.05, 3.63) is 47.4 Å². The standard InChI is InChI=1S/C15H19N3/c1-11-5-4-6-13(9-11)14-10-12(2)17-15(18-14)7-8-16-3/h4-6,9-10,16H,7-8H2,1-3H3. The van der Waals surface area contributed by atoms with Gasteiger partial charge in [-0.05, 0) is 33.0 Å². The van der Waals surface area contributed by atoms with Gasteiger partial charge in [0.1, 0.15) is 5.82 Å². The average molecular weight is 241 g/mol. The van der Waals surface area contributed by atoms with Crippen molar-refractivity contribution in [1.29, 1.82) is 0 Å². The molecule has 0 fully saturated rings. The van der Waals surface area contributed by atoms with Crippen molar-refractivity contribution < 1.29 is 0 Å². The topological polar surface area (TPSA) is 37.8 Å². The van der Waals surface area contributed by atoms with Crippen molar-refractivity contribution >= 4 is 0 Å². The highest BCUT2D eigenvalue weighted by molar-refractivity contribution is 5.60. The molecule has 0 atom stereocenters. The lowest BCUT2D eigenvalue weighted by atomic mass is 10.1. The van der Waals surface area contributed by atoms with Crippen molar-refractivity contribution in [3.63, 3.8) is 0 Å². The molecule has 1 aromatic carbocycles. The molecule has 94 valence electrons. The summed E-state index contributed by atoms with van der Waals surface area (Å²) in [5.41, 5.74) is 4.44. The van der Waals surface area contributed by atoms with Gasteiger partial charge in [0.2, 0.25) is 0 Å². The van der Waals surface area contributed by atoms with Gasteiger partial charge in [-0.15, -0.1) is 0 Å². The first-order chi connectivity index (χ1) is 8.69. The molecule has 0 spiro atoms. The third kappa shape index (κ3) is 3.14. The van der Waals surface area contributed by atoms with Gasteiger partial charge in [-0.2, -0.15) is 0 Å². The summed E-state index contributed by atoms with van der Waals surface area (Å²) in [5.74, 6) is 0.904. The predicted octanol–water partition coefficient (Wildman–Crippen LogP) is 2.52. The van der Waals surface area contributed by atoms with E-state index < -0.39 is 0 Å². The highest BCUT2D eigenvalue weighted by atomic mass is 14.9. The fourth-order valence-corrected chi connectivity index (χ4v) is 1.93. The Labute approximate surface area is 108 Å². The smallest absolute Gasteiger partial charge is 0.130 e. The minimum atomic E-state index is 0.858. The maximum absolute atomic E-state index is 4.63. The zero-order chi connectivity index (χ0) is 13.0. The maximum atomic E-state index is 4.63. The van der Waals surface area contributed by atoms with Gasteiger partial charge in [-0.1, -0.05) is 23.8 Å². The molecule has 0 amide bonds. The molecule has 3 heteroatoms. The van der Waals surface area contributed by atoms with Crippen molar-refractivity contribution in [1.82, 2.24) is 15.3 Å². The second-order valence-electron chi connectivity index (χ2n) is 4.53. The number of aromatic nitrogens is 2. The summed E-state index contributed by atoms with van der Waals surface area (Å²) in [6.07, 6.45) is 0.858. The van der Waals surface area contributed by atoms with Crippen LogP contribution in [0.25, 0.3) is 11.3 Å². The van der Waals surface area contributed by atoms with Crippen LogP contribution in [-0.2, 0) is 6.42 Å². The first-order valence-electron chi connectivity index (χ1n) is 6.25. The lowest BCUT2D eigenvalue weighted by Gasteiger charge is -2.07. The van der Waals surface area contributed by atoms with Crippen molar-refractivity contribution in [2.75, 3.05) is 13.6 Å².